The number of carboxylic acid groups (broad SMARTS) is 1. The van der Waals surface area contributed by atoms with Gasteiger partial charge < -0.3 is 10.4 Å². The fraction of sp³-hybridized carbons (Fsp3) is 0.294. The molecule has 0 spiro atoms. The highest BCUT2D eigenvalue weighted by molar-refractivity contribution is 7.10. The molecule has 1 fully saturated rings. The molecule has 1 aliphatic carbocycles. The lowest BCUT2D eigenvalue weighted by molar-refractivity contribution is -0.136. The van der Waals surface area contributed by atoms with Crippen LogP contribution in [-0.2, 0) is 16.0 Å². The summed E-state index contributed by atoms with van der Waals surface area (Å²) < 4.78 is 13.8. The van der Waals surface area contributed by atoms with Crippen LogP contribution in [0.15, 0.2) is 29.6 Å². The molecule has 1 amide bonds. The minimum absolute atomic E-state index is 0.0749. The molecule has 1 heterocycles. The predicted molar refractivity (Wildman–Crippen MR) is 86.3 cm³/mol. The van der Waals surface area contributed by atoms with E-state index in [4.69, 9.17) is 5.11 Å². The SMILES string of the molecule is Cc1ccsc1C1CC1C(=O)Nc1ccc(CC(=O)O)c(F)c1. The maximum absolute atomic E-state index is 13.8. The predicted octanol–water partition coefficient (Wildman–Crippen LogP) is 3.56. The van der Waals surface area contributed by atoms with Gasteiger partial charge in [0.2, 0.25) is 5.91 Å². The van der Waals surface area contributed by atoms with Gasteiger partial charge in [-0.3, -0.25) is 9.59 Å². The summed E-state index contributed by atoms with van der Waals surface area (Å²) >= 11 is 1.66. The zero-order valence-electron chi connectivity index (χ0n) is 12.5. The fourth-order valence-corrected chi connectivity index (χ4v) is 3.81. The van der Waals surface area contributed by atoms with Crippen molar-refractivity contribution in [3.05, 3.63) is 51.5 Å². The standard InChI is InChI=1S/C17H16FNO3S/c1-9-4-5-23-16(9)12-8-13(12)17(22)19-11-3-2-10(6-15(20)21)14(18)7-11/h2-5,7,12-13H,6,8H2,1H3,(H,19,22)(H,20,21). The highest BCUT2D eigenvalue weighted by Gasteiger charge is 2.45. The summed E-state index contributed by atoms with van der Waals surface area (Å²) in [6.07, 6.45) is 0.440. The minimum Gasteiger partial charge on any atom is -0.481 e. The molecule has 2 aromatic rings. The summed E-state index contributed by atoms with van der Waals surface area (Å²) in [4.78, 5) is 24.1. The van der Waals surface area contributed by atoms with Crippen molar-refractivity contribution in [2.24, 2.45) is 5.92 Å². The Bertz CT molecular complexity index is 771. The number of benzene rings is 1. The first-order valence-electron chi connectivity index (χ1n) is 7.30. The van der Waals surface area contributed by atoms with Gasteiger partial charge in [-0.25, -0.2) is 4.39 Å². The number of hydrogen-bond donors (Lipinski definition) is 2. The van der Waals surface area contributed by atoms with Gasteiger partial charge in [-0.15, -0.1) is 11.3 Å². The van der Waals surface area contributed by atoms with Crippen molar-refractivity contribution < 1.29 is 19.1 Å². The van der Waals surface area contributed by atoms with E-state index < -0.39 is 11.8 Å². The van der Waals surface area contributed by atoms with Crippen LogP contribution in [0.25, 0.3) is 0 Å². The molecule has 4 nitrogen and oxygen atoms in total. The van der Waals surface area contributed by atoms with Gasteiger partial charge >= 0.3 is 5.97 Å². The second kappa shape index (κ2) is 6.12. The Morgan fingerprint density at radius 1 is 1.39 bits per heavy atom. The second-order valence-electron chi connectivity index (χ2n) is 5.78. The van der Waals surface area contributed by atoms with E-state index in [0.29, 0.717) is 5.69 Å². The molecule has 2 atom stereocenters. The van der Waals surface area contributed by atoms with Crippen molar-refractivity contribution >= 4 is 28.9 Å². The smallest absolute Gasteiger partial charge is 0.307 e. The number of hydrogen-bond acceptors (Lipinski definition) is 3. The molecule has 3 rings (SSSR count). The molecule has 0 radical (unpaired) electrons. The summed E-state index contributed by atoms with van der Waals surface area (Å²) in [5, 5.41) is 13.4. The average Bonchev–Trinajstić information content (AvgIpc) is 3.16. The zero-order chi connectivity index (χ0) is 16.6. The van der Waals surface area contributed by atoms with Crippen molar-refractivity contribution in [3.63, 3.8) is 0 Å². The van der Waals surface area contributed by atoms with Gasteiger partial charge in [0, 0.05) is 22.4 Å². The highest BCUT2D eigenvalue weighted by atomic mass is 32.1. The van der Waals surface area contributed by atoms with Crippen LogP contribution in [0.3, 0.4) is 0 Å². The molecule has 1 saturated carbocycles. The van der Waals surface area contributed by atoms with Gasteiger partial charge in [-0.05, 0) is 48.1 Å². The maximum atomic E-state index is 13.8. The van der Waals surface area contributed by atoms with Crippen LogP contribution in [-0.4, -0.2) is 17.0 Å². The van der Waals surface area contributed by atoms with E-state index in [1.165, 1.54) is 28.6 Å². The van der Waals surface area contributed by atoms with Crippen molar-refractivity contribution in [2.45, 2.75) is 25.7 Å². The first-order chi connectivity index (χ1) is 11.0. The topological polar surface area (TPSA) is 66.4 Å². The van der Waals surface area contributed by atoms with Crippen molar-refractivity contribution in [2.75, 3.05) is 5.32 Å². The summed E-state index contributed by atoms with van der Waals surface area (Å²) in [6.45, 7) is 2.04. The number of nitrogens with one attached hydrogen (secondary N) is 1. The average molecular weight is 333 g/mol. The van der Waals surface area contributed by atoms with E-state index in [-0.39, 0.29) is 29.7 Å². The third-order valence-corrected chi connectivity index (χ3v) is 5.18. The van der Waals surface area contributed by atoms with Gasteiger partial charge in [-0.1, -0.05) is 6.07 Å². The van der Waals surface area contributed by atoms with E-state index in [2.05, 4.69) is 5.32 Å². The molecule has 6 heteroatoms. The third-order valence-electron chi connectivity index (χ3n) is 4.03. The minimum atomic E-state index is -1.09. The summed E-state index contributed by atoms with van der Waals surface area (Å²) in [6, 6.07) is 6.15. The number of anilines is 1. The molecule has 0 aliphatic heterocycles. The van der Waals surface area contributed by atoms with Crippen LogP contribution in [0.4, 0.5) is 10.1 Å². The number of carbonyl (C=O) groups excluding carboxylic acids is 1. The molecule has 0 bridgehead atoms. The van der Waals surface area contributed by atoms with Gasteiger partial charge in [0.1, 0.15) is 5.82 Å². The van der Waals surface area contributed by atoms with Crippen LogP contribution in [0.2, 0.25) is 0 Å². The molecular weight excluding hydrogens is 317 g/mol. The van der Waals surface area contributed by atoms with Gasteiger partial charge in [0.25, 0.3) is 0 Å². The molecule has 120 valence electrons. The van der Waals surface area contributed by atoms with E-state index >= 15 is 0 Å². The van der Waals surface area contributed by atoms with E-state index in [1.54, 1.807) is 11.3 Å². The Morgan fingerprint density at radius 3 is 2.78 bits per heavy atom. The molecule has 0 saturated heterocycles. The normalized spacial score (nSPS) is 19.4. The quantitative estimate of drug-likeness (QED) is 0.879. The fourth-order valence-electron chi connectivity index (χ4n) is 2.71. The molecule has 23 heavy (non-hydrogen) atoms. The van der Waals surface area contributed by atoms with Crippen LogP contribution in [0, 0.1) is 18.7 Å². The molecule has 1 aliphatic rings. The van der Waals surface area contributed by atoms with Crippen LogP contribution >= 0.6 is 11.3 Å². The van der Waals surface area contributed by atoms with Crippen molar-refractivity contribution in [3.8, 4) is 0 Å². The Labute approximate surface area is 137 Å². The number of amides is 1. The Hall–Kier alpha value is -2.21. The highest BCUT2D eigenvalue weighted by Crippen LogP contribution is 2.50. The first-order valence-corrected chi connectivity index (χ1v) is 8.18. The number of rotatable bonds is 5. The monoisotopic (exact) mass is 333 g/mol. The molecular formula is C17H16FNO3S. The largest absolute Gasteiger partial charge is 0.481 e. The molecule has 1 aromatic carbocycles. The first kappa shape index (κ1) is 15.7. The Balaban J connectivity index is 1.64. The van der Waals surface area contributed by atoms with Crippen LogP contribution in [0.5, 0.6) is 0 Å². The summed E-state index contributed by atoms with van der Waals surface area (Å²) in [7, 11) is 0. The Kier molecular flexibility index (Phi) is 4.17. The van der Waals surface area contributed by atoms with Gasteiger partial charge in [0.15, 0.2) is 0 Å². The van der Waals surface area contributed by atoms with E-state index in [0.717, 1.165) is 6.42 Å². The van der Waals surface area contributed by atoms with E-state index in [9.17, 15) is 14.0 Å². The lowest BCUT2D eigenvalue weighted by atomic mass is 10.1. The van der Waals surface area contributed by atoms with Crippen LogP contribution < -0.4 is 5.32 Å². The number of halogens is 1. The van der Waals surface area contributed by atoms with Crippen molar-refractivity contribution in [1.29, 1.82) is 0 Å². The van der Waals surface area contributed by atoms with Crippen molar-refractivity contribution in [1.82, 2.24) is 0 Å². The second-order valence-corrected chi connectivity index (χ2v) is 6.73. The number of aliphatic carboxylic acids is 1. The zero-order valence-corrected chi connectivity index (χ0v) is 13.3. The third kappa shape index (κ3) is 3.42. The maximum Gasteiger partial charge on any atom is 0.307 e. The number of aryl methyl sites for hydroxylation is 1. The summed E-state index contributed by atoms with van der Waals surface area (Å²) in [5.41, 5.74) is 1.67. The number of carboxylic acids is 1. The molecule has 2 unspecified atom stereocenters. The number of carbonyl (C=O) groups is 2. The molecule has 1 aromatic heterocycles. The molecule has 2 N–H and O–H groups in total. The van der Waals surface area contributed by atoms with Crippen LogP contribution in [0.1, 0.15) is 28.3 Å². The van der Waals surface area contributed by atoms with Gasteiger partial charge in [-0.2, -0.15) is 0 Å². The number of thiophene rings is 1. The Morgan fingerprint density at radius 2 is 2.17 bits per heavy atom. The summed E-state index contributed by atoms with van der Waals surface area (Å²) in [5.74, 6) is -1.65. The lowest BCUT2D eigenvalue weighted by Gasteiger charge is -2.07. The lowest BCUT2D eigenvalue weighted by Crippen LogP contribution is -2.15. The van der Waals surface area contributed by atoms with Gasteiger partial charge in [0.05, 0.1) is 6.42 Å². The van der Waals surface area contributed by atoms with E-state index in [1.807, 2.05) is 18.4 Å².